The van der Waals surface area contributed by atoms with Crippen LogP contribution in [0.5, 0.6) is 0 Å². The monoisotopic (exact) mass is 347 g/mol. The fourth-order valence-corrected chi connectivity index (χ4v) is 5.70. The Morgan fingerprint density at radius 2 is 1.54 bits per heavy atom. The number of rotatable bonds is 3. The summed E-state index contributed by atoms with van der Waals surface area (Å²) in [4.78, 5) is 28.0. The molecule has 2 aromatic carbocycles. The van der Waals surface area contributed by atoms with Crippen LogP contribution in [0.15, 0.2) is 48.5 Å². The Kier molecular flexibility index (Phi) is 3.20. The summed E-state index contributed by atoms with van der Waals surface area (Å²) < 4.78 is 0. The lowest BCUT2D eigenvalue weighted by atomic mass is 9.47. The minimum absolute atomic E-state index is 0.0753. The van der Waals surface area contributed by atoms with Crippen molar-refractivity contribution in [3.63, 3.8) is 0 Å². The summed E-state index contributed by atoms with van der Waals surface area (Å²) in [5.74, 6) is -1.23. The van der Waals surface area contributed by atoms with Gasteiger partial charge in [-0.15, -0.1) is 0 Å². The second kappa shape index (κ2) is 5.27. The van der Waals surface area contributed by atoms with Crippen LogP contribution in [-0.2, 0) is 15.0 Å². The lowest BCUT2D eigenvalue weighted by molar-refractivity contribution is -0.140. The van der Waals surface area contributed by atoms with E-state index < -0.39 is 17.3 Å². The molecule has 4 nitrogen and oxygen atoms in total. The summed E-state index contributed by atoms with van der Waals surface area (Å²) in [7, 11) is 0. The second-order valence-corrected chi connectivity index (χ2v) is 7.61. The van der Waals surface area contributed by atoms with Gasteiger partial charge in [-0.3, -0.25) is 14.5 Å². The van der Waals surface area contributed by atoms with Crippen molar-refractivity contribution >= 4 is 11.8 Å². The molecule has 2 atom stereocenters. The molecule has 0 saturated carbocycles. The van der Waals surface area contributed by atoms with Crippen molar-refractivity contribution in [2.24, 2.45) is 11.8 Å². The predicted molar refractivity (Wildman–Crippen MR) is 96.6 cm³/mol. The molecular weight excluding hydrogens is 326 g/mol. The fourth-order valence-electron chi connectivity index (χ4n) is 5.70. The first-order chi connectivity index (χ1) is 12.7. The van der Waals surface area contributed by atoms with Crippen LogP contribution in [0.1, 0.15) is 41.5 Å². The smallest absolute Gasteiger partial charge is 0.234 e. The Bertz CT molecular complexity index is 887. The largest absolute Gasteiger partial charge is 0.395 e. The number of nitrogens with zero attached hydrogens (tertiary/aromatic N) is 1. The number of carbonyl (C=O) groups excluding carboxylic acids is 2. The third kappa shape index (κ3) is 1.59. The van der Waals surface area contributed by atoms with Gasteiger partial charge in [0.1, 0.15) is 0 Å². The Morgan fingerprint density at radius 3 is 2.08 bits per heavy atom. The molecule has 132 valence electrons. The molecule has 1 fully saturated rings. The molecule has 2 amide bonds. The van der Waals surface area contributed by atoms with Gasteiger partial charge in [0.15, 0.2) is 0 Å². The minimum Gasteiger partial charge on any atom is -0.395 e. The van der Waals surface area contributed by atoms with Gasteiger partial charge in [0.25, 0.3) is 0 Å². The third-order valence-corrected chi connectivity index (χ3v) is 6.58. The number of amides is 2. The van der Waals surface area contributed by atoms with Gasteiger partial charge in [0, 0.05) is 12.5 Å². The molecular formula is C22H21NO3. The molecule has 0 unspecified atom stereocenters. The highest BCUT2D eigenvalue weighted by Gasteiger charge is 2.67. The van der Waals surface area contributed by atoms with Gasteiger partial charge >= 0.3 is 0 Å². The molecule has 2 bridgehead atoms. The summed E-state index contributed by atoms with van der Waals surface area (Å²) in [6, 6.07) is 16.0. The molecule has 0 radical (unpaired) electrons. The van der Waals surface area contributed by atoms with E-state index in [2.05, 4.69) is 12.1 Å². The summed E-state index contributed by atoms with van der Waals surface area (Å²) >= 11 is 0. The summed E-state index contributed by atoms with van der Waals surface area (Å²) in [5, 5.41) is 10.6. The lowest BCUT2D eigenvalue weighted by Gasteiger charge is -2.53. The second-order valence-electron chi connectivity index (χ2n) is 7.61. The van der Waals surface area contributed by atoms with Crippen LogP contribution in [0.25, 0.3) is 0 Å². The fraction of sp³-hybridized carbons (Fsp3) is 0.364. The summed E-state index contributed by atoms with van der Waals surface area (Å²) in [6.07, 6.45) is 0.744. The van der Waals surface area contributed by atoms with Crippen LogP contribution in [0.4, 0.5) is 0 Å². The third-order valence-electron chi connectivity index (χ3n) is 6.58. The molecule has 0 aromatic heterocycles. The average Bonchev–Trinajstić information content (AvgIpc) is 2.94. The first kappa shape index (κ1) is 15.8. The quantitative estimate of drug-likeness (QED) is 0.868. The highest BCUT2D eigenvalue weighted by atomic mass is 16.3. The van der Waals surface area contributed by atoms with Gasteiger partial charge in [-0.25, -0.2) is 0 Å². The first-order valence-electron chi connectivity index (χ1n) is 9.31. The normalized spacial score (nSPS) is 31.0. The van der Waals surface area contributed by atoms with E-state index in [0.29, 0.717) is 6.54 Å². The van der Waals surface area contributed by atoms with Crippen molar-refractivity contribution < 1.29 is 14.7 Å². The SMILES string of the molecule is CCCN1C(=O)[C@H]2C3c4ccccc4C(CO)(c4ccccc43)[C@H]2C1=O. The molecule has 26 heavy (non-hydrogen) atoms. The molecule has 0 spiro atoms. The summed E-state index contributed by atoms with van der Waals surface area (Å²) in [6.45, 7) is 2.25. The van der Waals surface area contributed by atoms with Crippen molar-refractivity contribution in [3.8, 4) is 0 Å². The molecule has 3 aliphatic carbocycles. The van der Waals surface area contributed by atoms with Crippen LogP contribution in [0.3, 0.4) is 0 Å². The van der Waals surface area contributed by atoms with Crippen LogP contribution < -0.4 is 0 Å². The Balaban J connectivity index is 1.85. The molecule has 1 saturated heterocycles. The number of aliphatic hydroxyl groups is 1. The van der Waals surface area contributed by atoms with Crippen molar-refractivity contribution in [1.82, 2.24) is 4.90 Å². The van der Waals surface area contributed by atoms with E-state index in [1.54, 1.807) is 0 Å². The number of likely N-dealkylation sites (tertiary alicyclic amines) is 1. The predicted octanol–water partition coefficient (Wildman–Crippen LogP) is 2.44. The van der Waals surface area contributed by atoms with Crippen LogP contribution in [-0.4, -0.2) is 35.0 Å². The van der Waals surface area contributed by atoms with Crippen molar-refractivity contribution in [3.05, 3.63) is 70.8 Å². The maximum absolute atomic E-state index is 13.3. The van der Waals surface area contributed by atoms with Gasteiger partial charge in [0.05, 0.1) is 23.9 Å². The highest BCUT2D eigenvalue weighted by Crippen LogP contribution is 2.63. The molecule has 6 rings (SSSR count). The number of aliphatic hydroxyl groups excluding tert-OH is 1. The van der Waals surface area contributed by atoms with E-state index >= 15 is 0 Å². The van der Waals surface area contributed by atoms with E-state index in [4.69, 9.17) is 0 Å². The number of imide groups is 1. The Labute approximate surface area is 152 Å². The number of hydrogen-bond acceptors (Lipinski definition) is 3. The van der Waals surface area contributed by atoms with Crippen molar-refractivity contribution in [2.45, 2.75) is 24.7 Å². The highest BCUT2D eigenvalue weighted by molar-refractivity contribution is 6.08. The molecule has 1 heterocycles. The minimum atomic E-state index is -0.832. The lowest BCUT2D eigenvalue weighted by Crippen LogP contribution is -2.55. The van der Waals surface area contributed by atoms with Crippen molar-refractivity contribution in [1.29, 1.82) is 0 Å². The van der Waals surface area contributed by atoms with E-state index in [9.17, 15) is 14.7 Å². The molecule has 4 aliphatic rings. The molecule has 1 aliphatic heterocycles. The van der Waals surface area contributed by atoms with Crippen LogP contribution in [0, 0.1) is 11.8 Å². The zero-order chi connectivity index (χ0) is 18.1. The zero-order valence-corrected chi connectivity index (χ0v) is 14.7. The number of benzene rings is 2. The topological polar surface area (TPSA) is 57.6 Å². The Morgan fingerprint density at radius 1 is 0.962 bits per heavy atom. The van der Waals surface area contributed by atoms with Gasteiger partial charge in [0.2, 0.25) is 11.8 Å². The standard InChI is InChI=1S/C22H21NO3/c1-2-11-23-20(25)18-17-13-7-3-5-9-15(13)22(12-24,19(18)21(23)26)16-10-6-4-8-14(16)17/h3-10,17-19,24H,2,11-12H2,1H3/t17?,18-,19+,22?/m0/s1. The van der Waals surface area contributed by atoms with Gasteiger partial charge in [-0.1, -0.05) is 55.5 Å². The van der Waals surface area contributed by atoms with Crippen LogP contribution >= 0.6 is 0 Å². The van der Waals surface area contributed by atoms with E-state index in [-0.39, 0.29) is 24.3 Å². The summed E-state index contributed by atoms with van der Waals surface area (Å²) in [5.41, 5.74) is 3.35. The van der Waals surface area contributed by atoms with E-state index in [0.717, 1.165) is 28.7 Å². The maximum atomic E-state index is 13.3. The van der Waals surface area contributed by atoms with E-state index in [1.165, 1.54) is 4.90 Å². The van der Waals surface area contributed by atoms with Crippen LogP contribution in [0.2, 0.25) is 0 Å². The zero-order valence-electron chi connectivity index (χ0n) is 14.7. The van der Waals surface area contributed by atoms with Gasteiger partial charge in [-0.05, 0) is 28.7 Å². The maximum Gasteiger partial charge on any atom is 0.234 e. The number of carbonyl (C=O) groups is 2. The van der Waals surface area contributed by atoms with E-state index in [1.807, 2.05) is 43.3 Å². The van der Waals surface area contributed by atoms with Gasteiger partial charge < -0.3 is 5.11 Å². The molecule has 2 aromatic rings. The molecule has 4 heteroatoms. The number of hydrogen-bond donors (Lipinski definition) is 1. The molecule has 1 N–H and O–H groups in total. The first-order valence-corrected chi connectivity index (χ1v) is 9.31. The van der Waals surface area contributed by atoms with Crippen molar-refractivity contribution in [2.75, 3.05) is 13.2 Å². The average molecular weight is 347 g/mol. The van der Waals surface area contributed by atoms with Gasteiger partial charge in [-0.2, -0.15) is 0 Å². The Hall–Kier alpha value is -2.46.